The number of carbonyl (C=O) groups is 1. The summed E-state index contributed by atoms with van der Waals surface area (Å²) in [5.74, 6) is 0.649. The van der Waals surface area contributed by atoms with Gasteiger partial charge in [-0.1, -0.05) is 26.0 Å². The van der Waals surface area contributed by atoms with Crippen molar-refractivity contribution in [3.63, 3.8) is 0 Å². The summed E-state index contributed by atoms with van der Waals surface area (Å²) in [5, 5.41) is -0.0215. The number of aromatic nitrogens is 2. The van der Waals surface area contributed by atoms with E-state index >= 15 is 0 Å². The lowest BCUT2D eigenvalue weighted by atomic mass is 10.1. The first-order valence-corrected chi connectivity index (χ1v) is 14.4. The molecule has 1 amide bonds. The molecule has 2 heterocycles. The number of carbonyl (C=O) groups excluding carboxylic acids is 1. The summed E-state index contributed by atoms with van der Waals surface area (Å²) >= 11 is 0. The fraction of sp³-hybridized carbons (Fsp3) is 0.615. The Morgan fingerprint density at radius 3 is 2.62 bits per heavy atom. The van der Waals surface area contributed by atoms with Crippen molar-refractivity contribution in [3.05, 3.63) is 41.7 Å². The minimum absolute atomic E-state index is 0.0215. The summed E-state index contributed by atoms with van der Waals surface area (Å²) in [6.07, 6.45) is 1.99. The Morgan fingerprint density at radius 1 is 1.19 bits per heavy atom. The largest absolute Gasteiger partial charge is 0.497 e. The summed E-state index contributed by atoms with van der Waals surface area (Å²) in [5.41, 5.74) is 1.28. The van der Waals surface area contributed by atoms with Crippen LogP contribution in [0.5, 0.6) is 5.75 Å². The van der Waals surface area contributed by atoms with Gasteiger partial charge < -0.3 is 23.7 Å². The molecule has 0 radical (unpaired) electrons. The third-order valence-electron chi connectivity index (χ3n) is 6.27. The average Bonchev–Trinajstić information content (AvgIpc) is 3.28. The minimum atomic E-state index is -3.77. The highest BCUT2D eigenvalue weighted by Gasteiger charge is 2.26. The molecule has 0 spiro atoms. The zero-order chi connectivity index (χ0) is 26.8. The van der Waals surface area contributed by atoms with E-state index in [9.17, 15) is 13.2 Å². The van der Waals surface area contributed by atoms with Crippen LogP contribution in [0.15, 0.2) is 35.6 Å². The molecule has 206 valence electrons. The van der Waals surface area contributed by atoms with Crippen molar-refractivity contribution in [3.8, 4) is 5.75 Å². The van der Waals surface area contributed by atoms with Crippen LogP contribution in [0.4, 0.5) is 0 Å². The number of morpholine rings is 1. The second-order valence-corrected chi connectivity index (χ2v) is 11.5. The molecule has 1 aliphatic heterocycles. The Morgan fingerprint density at radius 2 is 1.95 bits per heavy atom. The standard InChI is InChI=1S/C26H40N4O6S/c1-21(2)16-25(31)29(9-8-28-10-14-36-15-11-28)19-23-18-27-26(30(23)12-13-34-3)37(32,33)20-22-6-5-7-24(17-22)35-4/h5-7,17-18,21H,8-16,19-20H2,1-4H3. The SMILES string of the molecule is COCCn1c(CN(CCN2CCOCC2)C(=O)CC(C)C)cnc1S(=O)(=O)Cc1cccc(OC)c1. The van der Waals surface area contributed by atoms with Gasteiger partial charge in [-0.3, -0.25) is 9.69 Å². The van der Waals surface area contributed by atoms with E-state index in [0.717, 1.165) is 19.6 Å². The third kappa shape index (κ3) is 8.53. The lowest BCUT2D eigenvalue weighted by molar-refractivity contribution is -0.133. The fourth-order valence-corrected chi connectivity index (χ4v) is 5.79. The van der Waals surface area contributed by atoms with Gasteiger partial charge in [0.05, 0.1) is 51.1 Å². The lowest BCUT2D eigenvalue weighted by Crippen LogP contribution is -2.43. The molecule has 1 fully saturated rings. The monoisotopic (exact) mass is 536 g/mol. The molecule has 10 nitrogen and oxygen atoms in total. The van der Waals surface area contributed by atoms with Crippen LogP contribution < -0.4 is 4.74 Å². The zero-order valence-corrected chi connectivity index (χ0v) is 23.2. The van der Waals surface area contributed by atoms with E-state index in [1.807, 2.05) is 18.7 Å². The van der Waals surface area contributed by atoms with Crippen LogP contribution in [0.25, 0.3) is 0 Å². The molecule has 0 saturated carbocycles. The number of nitrogens with zero attached hydrogens (tertiary/aromatic N) is 4. The summed E-state index contributed by atoms with van der Waals surface area (Å²) in [6, 6.07) is 6.99. The molecule has 1 aliphatic rings. The van der Waals surface area contributed by atoms with Gasteiger partial charge in [-0.25, -0.2) is 13.4 Å². The zero-order valence-electron chi connectivity index (χ0n) is 22.4. The number of amides is 1. The van der Waals surface area contributed by atoms with Crippen LogP contribution in [0.3, 0.4) is 0 Å². The van der Waals surface area contributed by atoms with Crippen molar-refractivity contribution in [2.24, 2.45) is 5.92 Å². The van der Waals surface area contributed by atoms with Gasteiger partial charge in [0.15, 0.2) is 0 Å². The number of rotatable bonds is 14. The number of hydrogen-bond donors (Lipinski definition) is 0. The first kappa shape index (κ1) is 29.1. The Hall–Kier alpha value is -2.47. The van der Waals surface area contributed by atoms with Gasteiger partial charge >= 0.3 is 0 Å². The topological polar surface area (TPSA) is 103 Å². The third-order valence-corrected chi connectivity index (χ3v) is 7.86. The molecule has 2 aromatic rings. The van der Waals surface area contributed by atoms with Gasteiger partial charge in [-0.05, 0) is 23.6 Å². The Bertz CT molecular complexity index is 1110. The summed E-state index contributed by atoms with van der Waals surface area (Å²) < 4.78 is 44.5. The van der Waals surface area contributed by atoms with E-state index in [0.29, 0.717) is 56.3 Å². The van der Waals surface area contributed by atoms with Crippen LogP contribution in [0.2, 0.25) is 0 Å². The number of sulfone groups is 1. The van der Waals surface area contributed by atoms with Crippen LogP contribution in [-0.4, -0.2) is 93.9 Å². The normalized spacial score (nSPS) is 14.7. The van der Waals surface area contributed by atoms with Crippen molar-refractivity contribution in [2.45, 2.75) is 44.3 Å². The van der Waals surface area contributed by atoms with Crippen LogP contribution in [0.1, 0.15) is 31.5 Å². The van der Waals surface area contributed by atoms with E-state index in [1.54, 1.807) is 49.2 Å². The maximum absolute atomic E-state index is 13.4. The maximum atomic E-state index is 13.4. The van der Waals surface area contributed by atoms with Crippen molar-refractivity contribution in [2.75, 3.05) is 60.2 Å². The Kier molecular flexibility index (Phi) is 10.9. The van der Waals surface area contributed by atoms with Gasteiger partial charge in [0.25, 0.3) is 0 Å². The van der Waals surface area contributed by atoms with E-state index in [1.165, 1.54) is 0 Å². The molecular weight excluding hydrogens is 496 g/mol. The highest BCUT2D eigenvalue weighted by molar-refractivity contribution is 7.90. The number of methoxy groups -OCH3 is 2. The highest BCUT2D eigenvalue weighted by atomic mass is 32.2. The molecular formula is C26H40N4O6S. The summed E-state index contributed by atoms with van der Waals surface area (Å²) in [7, 11) is -0.652. The number of imidazole rings is 1. The van der Waals surface area contributed by atoms with E-state index in [-0.39, 0.29) is 29.3 Å². The maximum Gasteiger partial charge on any atom is 0.228 e. The molecule has 1 aromatic carbocycles. The van der Waals surface area contributed by atoms with Gasteiger partial charge in [-0.2, -0.15) is 0 Å². The van der Waals surface area contributed by atoms with Crippen molar-refractivity contribution >= 4 is 15.7 Å². The van der Waals surface area contributed by atoms with Gasteiger partial charge in [0.2, 0.25) is 20.9 Å². The van der Waals surface area contributed by atoms with Gasteiger partial charge in [-0.15, -0.1) is 0 Å². The van der Waals surface area contributed by atoms with E-state index in [2.05, 4.69) is 9.88 Å². The summed E-state index contributed by atoms with van der Waals surface area (Å²) in [4.78, 5) is 21.6. The van der Waals surface area contributed by atoms with E-state index < -0.39 is 9.84 Å². The molecule has 0 N–H and O–H groups in total. The minimum Gasteiger partial charge on any atom is -0.497 e. The molecule has 1 aromatic heterocycles. The number of hydrogen-bond acceptors (Lipinski definition) is 8. The van der Waals surface area contributed by atoms with Gasteiger partial charge in [0.1, 0.15) is 5.75 Å². The molecule has 0 aliphatic carbocycles. The second kappa shape index (κ2) is 13.9. The molecule has 0 bridgehead atoms. The van der Waals surface area contributed by atoms with Crippen LogP contribution >= 0.6 is 0 Å². The molecule has 3 rings (SSSR count). The lowest BCUT2D eigenvalue weighted by Gasteiger charge is -2.30. The first-order valence-electron chi connectivity index (χ1n) is 12.7. The fourth-order valence-electron chi connectivity index (χ4n) is 4.29. The molecule has 0 atom stereocenters. The molecule has 0 unspecified atom stereocenters. The Labute approximate surface area is 220 Å². The second-order valence-electron chi connectivity index (χ2n) is 9.65. The predicted molar refractivity (Wildman–Crippen MR) is 140 cm³/mol. The predicted octanol–water partition coefficient (Wildman–Crippen LogP) is 2.22. The van der Waals surface area contributed by atoms with Crippen molar-refractivity contribution in [1.82, 2.24) is 19.4 Å². The number of benzene rings is 1. The van der Waals surface area contributed by atoms with E-state index in [4.69, 9.17) is 14.2 Å². The Balaban J connectivity index is 1.85. The van der Waals surface area contributed by atoms with Crippen LogP contribution in [0, 0.1) is 5.92 Å². The smallest absolute Gasteiger partial charge is 0.228 e. The summed E-state index contributed by atoms with van der Waals surface area (Å²) in [6.45, 7) is 9.29. The van der Waals surface area contributed by atoms with Crippen molar-refractivity contribution < 1.29 is 27.4 Å². The highest BCUT2D eigenvalue weighted by Crippen LogP contribution is 2.21. The first-order chi connectivity index (χ1) is 17.7. The molecule has 1 saturated heterocycles. The quantitative estimate of drug-likeness (QED) is 0.362. The molecule has 11 heteroatoms. The molecule has 37 heavy (non-hydrogen) atoms. The average molecular weight is 537 g/mol. The van der Waals surface area contributed by atoms with Crippen molar-refractivity contribution in [1.29, 1.82) is 0 Å². The van der Waals surface area contributed by atoms with Crippen LogP contribution in [-0.2, 0) is 42.9 Å². The number of ether oxygens (including phenoxy) is 3. The van der Waals surface area contributed by atoms with Gasteiger partial charge in [0, 0.05) is 46.3 Å².